The maximum atomic E-state index is 11.9. The predicted octanol–water partition coefficient (Wildman–Crippen LogP) is 4.36. The summed E-state index contributed by atoms with van der Waals surface area (Å²) in [6.45, 7) is 2.60. The Labute approximate surface area is 193 Å². The van der Waals surface area contributed by atoms with Crippen LogP contribution in [0.3, 0.4) is 0 Å². The number of hydrogen-bond donors (Lipinski definition) is 1. The highest BCUT2D eigenvalue weighted by molar-refractivity contribution is 5.89. The molecule has 1 N–H and O–H groups in total. The van der Waals surface area contributed by atoms with Gasteiger partial charge in [0.15, 0.2) is 6.61 Å². The third-order valence-corrected chi connectivity index (χ3v) is 4.43. The van der Waals surface area contributed by atoms with Crippen molar-refractivity contribution in [3.05, 3.63) is 95.6 Å². The molecule has 0 heterocycles. The molecule has 7 heteroatoms. The van der Waals surface area contributed by atoms with Gasteiger partial charge < -0.3 is 14.2 Å². The summed E-state index contributed by atoms with van der Waals surface area (Å²) in [7, 11) is 0. The fourth-order valence-electron chi connectivity index (χ4n) is 2.72. The van der Waals surface area contributed by atoms with Crippen molar-refractivity contribution in [2.75, 3.05) is 13.2 Å². The van der Waals surface area contributed by atoms with Crippen LogP contribution >= 0.6 is 0 Å². The van der Waals surface area contributed by atoms with Crippen molar-refractivity contribution in [3.8, 4) is 11.5 Å². The number of carbonyl (C=O) groups is 2. The first-order valence-corrected chi connectivity index (χ1v) is 10.6. The molecule has 3 rings (SSSR count). The van der Waals surface area contributed by atoms with Gasteiger partial charge in [-0.3, -0.25) is 4.79 Å². The lowest BCUT2D eigenvalue weighted by Gasteiger charge is -2.07. The minimum atomic E-state index is -0.402. The fraction of sp³-hybridized carbons (Fsp3) is 0.192. The molecule has 0 aliphatic rings. The molecular formula is C26H26N2O5. The van der Waals surface area contributed by atoms with E-state index in [1.54, 1.807) is 24.3 Å². The number of hydrazone groups is 1. The lowest BCUT2D eigenvalue weighted by molar-refractivity contribution is -0.123. The number of esters is 1. The van der Waals surface area contributed by atoms with E-state index in [0.29, 0.717) is 24.5 Å². The number of amides is 1. The van der Waals surface area contributed by atoms with Crippen LogP contribution < -0.4 is 14.9 Å². The van der Waals surface area contributed by atoms with Crippen LogP contribution in [0.1, 0.15) is 34.8 Å². The summed E-state index contributed by atoms with van der Waals surface area (Å²) in [4.78, 5) is 23.7. The van der Waals surface area contributed by atoms with Crippen molar-refractivity contribution in [1.29, 1.82) is 0 Å². The maximum Gasteiger partial charge on any atom is 0.338 e. The fourth-order valence-corrected chi connectivity index (χ4v) is 2.72. The molecule has 33 heavy (non-hydrogen) atoms. The second kappa shape index (κ2) is 12.7. The largest absolute Gasteiger partial charge is 0.489 e. The summed E-state index contributed by atoms with van der Waals surface area (Å²) < 4.78 is 16.2. The number of nitrogens with zero attached hydrogens (tertiary/aromatic N) is 1. The van der Waals surface area contributed by atoms with Gasteiger partial charge in [-0.05, 0) is 66.1 Å². The van der Waals surface area contributed by atoms with Gasteiger partial charge in [-0.15, -0.1) is 0 Å². The first-order chi connectivity index (χ1) is 16.1. The molecule has 0 aliphatic heterocycles. The molecule has 170 valence electrons. The minimum absolute atomic E-state index is 0.205. The summed E-state index contributed by atoms with van der Waals surface area (Å²) in [5, 5.41) is 3.94. The lowest BCUT2D eigenvalue weighted by atomic mass is 10.2. The second-order valence-electron chi connectivity index (χ2n) is 7.09. The average Bonchev–Trinajstić information content (AvgIpc) is 2.86. The van der Waals surface area contributed by atoms with Gasteiger partial charge in [0.2, 0.25) is 0 Å². The van der Waals surface area contributed by atoms with Gasteiger partial charge in [-0.25, -0.2) is 10.2 Å². The first kappa shape index (κ1) is 23.5. The molecule has 0 fully saturated rings. The molecule has 0 spiro atoms. The van der Waals surface area contributed by atoms with E-state index < -0.39 is 5.91 Å². The van der Waals surface area contributed by atoms with Crippen LogP contribution in [-0.4, -0.2) is 31.3 Å². The summed E-state index contributed by atoms with van der Waals surface area (Å²) in [5.74, 6) is 0.428. The number of carbonyl (C=O) groups excluding carboxylic acids is 2. The standard InChI is InChI=1S/C26H26N2O5/c1-2-16-31-26(30)22-10-14-24(15-11-22)33-19-25(29)28-27-17-20-8-12-23(13-9-20)32-18-21-6-4-3-5-7-21/h3-15,17H,2,16,18-19H2,1H3,(H,28,29). The van der Waals surface area contributed by atoms with Gasteiger partial charge in [-0.2, -0.15) is 5.10 Å². The van der Waals surface area contributed by atoms with Crippen molar-refractivity contribution >= 4 is 18.1 Å². The molecule has 3 aromatic carbocycles. The second-order valence-corrected chi connectivity index (χ2v) is 7.09. The molecule has 1 amide bonds. The van der Waals surface area contributed by atoms with E-state index in [1.807, 2.05) is 61.5 Å². The van der Waals surface area contributed by atoms with E-state index in [1.165, 1.54) is 6.21 Å². The zero-order valence-electron chi connectivity index (χ0n) is 18.4. The van der Waals surface area contributed by atoms with Gasteiger partial charge >= 0.3 is 5.97 Å². The van der Waals surface area contributed by atoms with Crippen LogP contribution in [0.25, 0.3) is 0 Å². The highest BCUT2D eigenvalue weighted by Crippen LogP contribution is 2.14. The van der Waals surface area contributed by atoms with Gasteiger partial charge in [-0.1, -0.05) is 37.3 Å². The number of rotatable bonds is 11. The molecule has 0 atom stereocenters. The Kier molecular flexibility index (Phi) is 9.03. The van der Waals surface area contributed by atoms with Crippen LogP contribution in [-0.2, 0) is 16.1 Å². The Morgan fingerprint density at radius 1 is 0.879 bits per heavy atom. The lowest BCUT2D eigenvalue weighted by Crippen LogP contribution is -2.24. The van der Waals surface area contributed by atoms with Crippen LogP contribution in [0.4, 0.5) is 0 Å². The maximum absolute atomic E-state index is 11.9. The summed E-state index contributed by atoms with van der Waals surface area (Å²) in [6.07, 6.45) is 2.30. The normalized spacial score (nSPS) is 10.6. The Balaban J connectivity index is 1.38. The molecule has 0 unspecified atom stereocenters. The Morgan fingerprint density at radius 2 is 1.55 bits per heavy atom. The Morgan fingerprint density at radius 3 is 2.24 bits per heavy atom. The number of benzene rings is 3. The summed E-state index contributed by atoms with van der Waals surface area (Å²) in [6, 6.07) is 23.7. The molecule has 0 saturated carbocycles. The van der Waals surface area contributed by atoms with Gasteiger partial charge in [0, 0.05) is 0 Å². The molecule has 0 radical (unpaired) electrons. The summed E-state index contributed by atoms with van der Waals surface area (Å²) >= 11 is 0. The quantitative estimate of drug-likeness (QED) is 0.269. The molecule has 7 nitrogen and oxygen atoms in total. The highest BCUT2D eigenvalue weighted by atomic mass is 16.5. The monoisotopic (exact) mass is 446 g/mol. The van der Waals surface area contributed by atoms with Crippen molar-refractivity contribution in [2.45, 2.75) is 20.0 Å². The van der Waals surface area contributed by atoms with E-state index in [9.17, 15) is 9.59 Å². The number of nitrogens with one attached hydrogen (secondary N) is 1. The SMILES string of the molecule is CCCOC(=O)c1ccc(OCC(=O)NN=Cc2ccc(OCc3ccccc3)cc2)cc1. The number of ether oxygens (including phenoxy) is 3. The topological polar surface area (TPSA) is 86.2 Å². The summed E-state index contributed by atoms with van der Waals surface area (Å²) in [5.41, 5.74) is 4.76. The minimum Gasteiger partial charge on any atom is -0.489 e. The van der Waals surface area contributed by atoms with Crippen LogP contribution in [0.2, 0.25) is 0 Å². The Hall–Kier alpha value is -4.13. The van der Waals surface area contributed by atoms with Gasteiger partial charge in [0.05, 0.1) is 18.4 Å². The van der Waals surface area contributed by atoms with E-state index in [4.69, 9.17) is 14.2 Å². The van der Waals surface area contributed by atoms with E-state index >= 15 is 0 Å². The molecule has 0 bridgehead atoms. The predicted molar refractivity (Wildman–Crippen MR) is 125 cm³/mol. The van der Waals surface area contributed by atoms with Crippen LogP contribution in [0, 0.1) is 0 Å². The average molecular weight is 447 g/mol. The molecule has 3 aromatic rings. The molecular weight excluding hydrogens is 420 g/mol. The van der Waals surface area contributed by atoms with Crippen LogP contribution in [0.15, 0.2) is 84.0 Å². The van der Waals surface area contributed by atoms with E-state index in [2.05, 4.69) is 10.5 Å². The van der Waals surface area contributed by atoms with Gasteiger partial charge in [0.1, 0.15) is 18.1 Å². The van der Waals surface area contributed by atoms with Gasteiger partial charge in [0.25, 0.3) is 5.91 Å². The third kappa shape index (κ3) is 8.14. The zero-order valence-corrected chi connectivity index (χ0v) is 18.4. The zero-order chi connectivity index (χ0) is 23.3. The smallest absolute Gasteiger partial charge is 0.338 e. The molecule has 0 saturated heterocycles. The third-order valence-electron chi connectivity index (χ3n) is 4.43. The van der Waals surface area contributed by atoms with E-state index in [-0.39, 0.29) is 12.6 Å². The van der Waals surface area contributed by atoms with Crippen molar-refractivity contribution in [1.82, 2.24) is 5.43 Å². The van der Waals surface area contributed by atoms with Crippen molar-refractivity contribution in [2.24, 2.45) is 5.10 Å². The highest BCUT2D eigenvalue weighted by Gasteiger charge is 2.07. The van der Waals surface area contributed by atoms with E-state index in [0.717, 1.165) is 23.3 Å². The van der Waals surface area contributed by atoms with Crippen LogP contribution in [0.5, 0.6) is 11.5 Å². The van der Waals surface area contributed by atoms with Crippen molar-refractivity contribution in [3.63, 3.8) is 0 Å². The molecule has 0 aromatic heterocycles. The molecule has 0 aliphatic carbocycles. The van der Waals surface area contributed by atoms with Crippen molar-refractivity contribution < 1.29 is 23.8 Å². The Bertz CT molecular complexity index is 1050. The number of hydrogen-bond acceptors (Lipinski definition) is 6. The first-order valence-electron chi connectivity index (χ1n) is 10.6.